The van der Waals surface area contributed by atoms with Gasteiger partial charge in [0.25, 0.3) is 0 Å². The Balaban J connectivity index is 2.27. The molecular formula is C17H24FN3. The maximum Gasteiger partial charge on any atom is 0.128 e. The average Bonchev–Trinajstić information content (AvgIpc) is 2.83. The molecule has 0 fully saturated rings. The summed E-state index contributed by atoms with van der Waals surface area (Å²) in [5.41, 5.74) is 3.62. The van der Waals surface area contributed by atoms with Crippen molar-refractivity contribution in [3.63, 3.8) is 0 Å². The first kappa shape index (κ1) is 15.7. The zero-order valence-corrected chi connectivity index (χ0v) is 13.3. The van der Waals surface area contributed by atoms with Crippen LogP contribution in [0.5, 0.6) is 0 Å². The van der Waals surface area contributed by atoms with Gasteiger partial charge in [-0.1, -0.05) is 32.9 Å². The fraction of sp³-hybridized carbons (Fsp3) is 0.471. The van der Waals surface area contributed by atoms with E-state index in [1.807, 2.05) is 25.4 Å². The van der Waals surface area contributed by atoms with Crippen LogP contribution in [0.2, 0.25) is 0 Å². The molecule has 0 bridgehead atoms. The molecule has 3 nitrogen and oxygen atoms in total. The molecule has 1 aromatic heterocycles. The third-order valence-electron chi connectivity index (χ3n) is 3.51. The van der Waals surface area contributed by atoms with E-state index >= 15 is 0 Å². The number of rotatable bonds is 6. The predicted molar refractivity (Wildman–Crippen MR) is 84.7 cm³/mol. The molecule has 0 unspecified atom stereocenters. The van der Waals surface area contributed by atoms with Crippen LogP contribution in [0.1, 0.15) is 44.4 Å². The Labute approximate surface area is 126 Å². The minimum atomic E-state index is -0.158. The second kappa shape index (κ2) is 6.85. The first-order chi connectivity index (χ1) is 10.0. The Bertz CT molecular complexity index is 602. The number of aryl methyl sites for hydroxylation is 1. The van der Waals surface area contributed by atoms with Crippen molar-refractivity contribution in [2.24, 2.45) is 7.05 Å². The molecule has 2 aromatic rings. The lowest BCUT2D eigenvalue weighted by atomic mass is 9.99. The van der Waals surface area contributed by atoms with Gasteiger partial charge in [0.05, 0.1) is 5.69 Å². The molecule has 0 aliphatic heterocycles. The molecule has 0 aliphatic carbocycles. The molecule has 1 aromatic carbocycles. The van der Waals surface area contributed by atoms with E-state index in [2.05, 4.69) is 31.2 Å². The maximum atomic E-state index is 14.2. The van der Waals surface area contributed by atoms with Gasteiger partial charge >= 0.3 is 0 Å². The third kappa shape index (κ3) is 3.70. The predicted octanol–water partition coefficient (Wildman–Crippen LogP) is 3.85. The summed E-state index contributed by atoms with van der Waals surface area (Å²) in [4.78, 5) is 0. The fourth-order valence-electron chi connectivity index (χ4n) is 2.41. The van der Waals surface area contributed by atoms with Gasteiger partial charge in [-0.2, -0.15) is 5.10 Å². The monoisotopic (exact) mass is 289 g/mol. The highest BCUT2D eigenvalue weighted by Crippen LogP contribution is 2.29. The Morgan fingerprint density at radius 1 is 1.33 bits per heavy atom. The molecule has 4 heteroatoms. The van der Waals surface area contributed by atoms with E-state index in [0.29, 0.717) is 18.0 Å². The van der Waals surface area contributed by atoms with Gasteiger partial charge in [-0.25, -0.2) is 4.39 Å². The Hall–Kier alpha value is -1.68. The van der Waals surface area contributed by atoms with Gasteiger partial charge < -0.3 is 5.32 Å². The van der Waals surface area contributed by atoms with Gasteiger partial charge in [-0.3, -0.25) is 4.68 Å². The standard InChI is InChI=1S/C17H24FN3/c1-5-8-19-10-14-7-6-13(9-16(14)18)15-11-21(4)20-17(15)12(2)3/h6-7,9,11-12,19H,5,8,10H2,1-4H3. The van der Waals surface area contributed by atoms with Crippen molar-refractivity contribution in [2.45, 2.75) is 39.7 Å². The molecule has 2 rings (SSSR count). The molecule has 0 aliphatic rings. The van der Waals surface area contributed by atoms with Gasteiger partial charge in [-0.05, 0) is 30.5 Å². The highest BCUT2D eigenvalue weighted by atomic mass is 19.1. The lowest BCUT2D eigenvalue weighted by molar-refractivity contribution is 0.587. The van der Waals surface area contributed by atoms with Crippen LogP contribution in [0.25, 0.3) is 11.1 Å². The van der Waals surface area contributed by atoms with E-state index in [4.69, 9.17) is 0 Å². The van der Waals surface area contributed by atoms with Gasteiger partial charge in [0.15, 0.2) is 0 Å². The summed E-state index contributed by atoms with van der Waals surface area (Å²) in [7, 11) is 1.90. The van der Waals surface area contributed by atoms with Crippen molar-refractivity contribution < 1.29 is 4.39 Å². The van der Waals surface area contributed by atoms with Crippen molar-refractivity contribution >= 4 is 0 Å². The zero-order valence-electron chi connectivity index (χ0n) is 13.3. The van der Waals surface area contributed by atoms with Crippen LogP contribution >= 0.6 is 0 Å². The highest BCUT2D eigenvalue weighted by Gasteiger charge is 2.14. The van der Waals surface area contributed by atoms with Crippen LogP contribution < -0.4 is 5.32 Å². The number of halogens is 1. The maximum absolute atomic E-state index is 14.2. The number of nitrogens with zero attached hydrogens (tertiary/aromatic N) is 2. The van der Waals surface area contributed by atoms with Crippen LogP contribution in [0.4, 0.5) is 4.39 Å². The van der Waals surface area contributed by atoms with Crippen LogP contribution in [-0.4, -0.2) is 16.3 Å². The average molecular weight is 289 g/mol. The third-order valence-corrected chi connectivity index (χ3v) is 3.51. The summed E-state index contributed by atoms with van der Waals surface area (Å²) < 4.78 is 16.0. The van der Waals surface area contributed by atoms with E-state index < -0.39 is 0 Å². The molecular weight excluding hydrogens is 265 g/mol. The number of hydrogen-bond donors (Lipinski definition) is 1. The minimum absolute atomic E-state index is 0.158. The topological polar surface area (TPSA) is 29.9 Å². The molecule has 21 heavy (non-hydrogen) atoms. The molecule has 114 valence electrons. The van der Waals surface area contributed by atoms with Gasteiger partial charge in [0.1, 0.15) is 5.82 Å². The largest absolute Gasteiger partial charge is 0.313 e. The Morgan fingerprint density at radius 3 is 2.71 bits per heavy atom. The van der Waals surface area contributed by atoms with Crippen LogP contribution in [0, 0.1) is 5.82 Å². The SMILES string of the molecule is CCCNCc1ccc(-c2cn(C)nc2C(C)C)cc1F. The highest BCUT2D eigenvalue weighted by molar-refractivity contribution is 5.66. The quantitative estimate of drug-likeness (QED) is 0.819. The number of nitrogens with one attached hydrogen (secondary N) is 1. The molecule has 0 atom stereocenters. The van der Waals surface area contributed by atoms with Gasteiger partial charge in [-0.15, -0.1) is 0 Å². The first-order valence-electron chi connectivity index (χ1n) is 7.56. The second-order valence-electron chi connectivity index (χ2n) is 5.74. The first-order valence-corrected chi connectivity index (χ1v) is 7.56. The summed E-state index contributed by atoms with van der Waals surface area (Å²) in [6, 6.07) is 5.46. The number of benzene rings is 1. The second-order valence-corrected chi connectivity index (χ2v) is 5.74. The van der Waals surface area contributed by atoms with Crippen molar-refractivity contribution in [3.05, 3.63) is 41.5 Å². The Morgan fingerprint density at radius 2 is 2.10 bits per heavy atom. The zero-order chi connectivity index (χ0) is 15.4. The molecule has 0 spiro atoms. The number of aromatic nitrogens is 2. The molecule has 0 saturated heterocycles. The number of hydrogen-bond acceptors (Lipinski definition) is 2. The van der Waals surface area contributed by atoms with Crippen LogP contribution in [0.3, 0.4) is 0 Å². The minimum Gasteiger partial charge on any atom is -0.313 e. The van der Waals surface area contributed by atoms with Crippen molar-refractivity contribution in [1.29, 1.82) is 0 Å². The van der Waals surface area contributed by atoms with Crippen molar-refractivity contribution in [3.8, 4) is 11.1 Å². The van der Waals surface area contributed by atoms with E-state index in [-0.39, 0.29) is 5.82 Å². The molecule has 0 amide bonds. The normalized spacial score (nSPS) is 11.3. The van der Waals surface area contributed by atoms with Crippen LogP contribution in [-0.2, 0) is 13.6 Å². The summed E-state index contributed by atoms with van der Waals surface area (Å²) in [6.07, 6.45) is 3.01. The molecule has 0 radical (unpaired) electrons. The molecule has 1 heterocycles. The van der Waals surface area contributed by atoms with E-state index in [1.165, 1.54) is 0 Å². The van der Waals surface area contributed by atoms with E-state index in [9.17, 15) is 4.39 Å². The van der Waals surface area contributed by atoms with Crippen molar-refractivity contribution in [1.82, 2.24) is 15.1 Å². The lowest BCUT2D eigenvalue weighted by Gasteiger charge is -2.09. The summed E-state index contributed by atoms with van der Waals surface area (Å²) in [6.45, 7) is 7.78. The van der Waals surface area contributed by atoms with Gasteiger partial charge in [0, 0.05) is 30.9 Å². The fourth-order valence-corrected chi connectivity index (χ4v) is 2.41. The van der Waals surface area contributed by atoms with E-state index in [0.717, 1.165) is 29.8 Å². The molecule has 0 saturated carbocycles. The smallest absolute Gasteiger partial charge is 0.128 e. The summed E-state index contributed by atoms with van der Waals surface area (Å²) in [5.74, 6) is 0.157. The van der Waals surface area contributed by atoms with Crippen molar-refractivity contribution in [2.75, 3.05) is 6.54 Å². The van der Waals surface area contributed by atoms with Crippen LogP contribution in [0.15, 0.2) is 24.4 Å². The van der Waals surface area contributed by atoms with E-state index in [1.54, 1.807) is 10.7 Å². The molecule has 1 N–H and O–H groups in total. The van der Waals surface area contributed by atoms with Gasteiger partial charge in [0.2, 0.25) is 0 Å². The Kier molecular flexibility index (Phi) is 5.12. The summed E-state index contributed by atoms with van der Waals surface area (Å²) in [5, 5.41) is 7.71. The summed E-state index contributed by atoms with van der Waals surface area (Å²) >= 11 is 0. The lowest BCUT2D eigenvalue weighted by Crippen LogP contribution is -2.14.